The number of benzene rings is 1. The lowest BCUT2D eigenvalue weighted by Crippen LogP contribution is -2.57. The summed E-state index contributed by atoms with van der Waals surface area (Å²) in [4.78, 5) is 47.9. The minimum atomic E-state index is -1.37. The van der Waals surface area contributed by atoms with Crippen LogP contribution in [0.5, 0.6) is 0 Å². The van der Waals surface area contributed by atoms with E-state index in [-0.39, 0.29) is 6.42 Å². The molecule has 11 nitrogen and oxygen atoms in total. The summed E-state index contributed by atoms with van der Waals surface area (Å²) in [5.41, 5.74) is 12.1. The van der Waals surface area contributed by atoms with Crippen LogP contribution in [0.4, 0.5) is 0 Å². The monoisotopic (exact) mass is 437 g/mol. The van der Waals surface area contributed by atoms with Crippen LogP contribution in [0.2, 0.25) is 0 Å². The van der Waals surface area contributed by atoms with Crippen LogP contribution in [0.15, 0.2) is 30.3 Å². The molecule has 9 N–H and O–H groups in total. The van der Waals surface area contributed by atoms with Crippen LogP contribution < -0.4 is 27.4 Å². The predicted octanol–water partition coefficient (Wildman–Crippen LogP) is -2.15. The quantitative estimate of drug-likeness (QED) is 0.160. The Morgan fingerprint density at radius 2 is 1.58 bits per heavy atom. The lowest BCUT2D eigenvalue weighted by Gasteiger charge is -2.23. The van der Waals surface area contributed by atoms with E-state index in [1.165, 1.54) is 0 Å². The number of hydrogen-bond donors (Lipinski definition) is 7. The van der Waals surface area contributed by atoms with Gasteiger partial charge in [0.25, 0.3) is 0 Å². The number of carboxylic acid groups (broad SMARTS) is 1. The molecule has 172 valence electrons. The van der Waals surface area contributed by atoms with Crippen molar-refractivity contribution >= 4 is 23.7 Å². The average Bonchev–Trinajstić information content (AvgIpc) is 2.75. The zero-order valence-corrected chi connectivity index (χ0v) is 17.3. The maximum atomic E-state index is 12.8. The molecule has 0 aliphatic rings. The molecule has 0 fully saturated rings. The Hall–Kier alpha value is -3.02. The molecule has 0 heterocycles. The van der Waals surface area contributed by atoms with Gasteiger partial charge in [-0.05, 0) is 24.9 Å². The zero-order valence-electron chi connectivity index (χ0n) is 17.3. The van der Waals surface area contributed by atoms with Gasteiger partial charge in [0.2, 0.25) is 17.7 Å². The van der Waals surface area contributed by atoms with E-state index in [1.807, 2.05) is 0 Å². The molecule has 31 heavy (non-hydrogen) atoms. The van der Waals surface area contributed by atoms with E-state index in [0.717, 1.165) is 12.0 Å². The molecule has 1 aromatic carbocycles. The number of unbranched alkanes of at least 4 members (excludes halogenated alkanes) is 1. The van der Waals surface area contributed by atoms with Crippen LogP contribution in [0.25, 0.3) is 0 Å². The third-order valence-electron chi connectivity index (χ3n) is 4.45. The summed E-state index contributed by atoms with van der Waals surface area (Å²) in [6.07, 6.45) is 1.91. The average molecular weight is 437 g/mol. The highest BCUT2D eigenvalue weighted by atomic mass is 16.4. The van der Waals surface area contributed by atoms with Gasteiger partial charge in [-0.1, -0.05) is 36.8 Å². The van der Waals surface area contributed by atoms with Gasteiger partial charge in [0, 0.05) is 6.42 Å². The van der Waals surface area contributed by atoms with Gasteiger partial charge in [0.1, 0.15) is 18.6 Å². The number of rotatable bonds is 14. The summed E-state index contributed by atoms with van der Waals surface area (Å²) in [5.74, 6) is -3.37. The molecule has 3 atom stereocenters. The fourth-order valence-electron chi connectivity index (χ4n) is 2.73. The van der Waals surface area contributed by atoms with Crippen molar-refractivity contribution in [2.75, 3.05) is 19.7 Å². The van der Waals surface area contributed by atoms with E-state index in [9.17, 15) is 24.3 Å². The molecular formula is C20H31N5O6. The molecule has 0 radical (unpaired) electrons. The number of nitrogens with one attached hydrogen (secondary N) is 3. The smallest absolute Gasteiger partial charge is 0.322 e. The predicted molar refractivity (Wildman–Crippen MR) is 113 cm³/mol. The minimum absolute atomic E-state index is 0.128. The normalized spacial score (nSPS) is 13.5. The molecule has 1 rings (SSSR count). The largest absolute Gasteiger partial charge is 0.480 e. The molecule has 3 unspecified atom stereocenters. The minimum Gasteiger partial charge on any atom is -0.480 e. The van der Waals surface area contributed by atoms with E-state index >= 15 is 0 Å². The highest BCUT2D eigenvalue weighted by molar-refractivity contribution is 5.93. The second-order valence-electron chi connectivity index (χ2n) is 7.00. The highest BCUT2D eigenvalue weighted by Gasteiger charge is 2.28. The zero-order chi connectivity index (χ0) is 23.2. The summed E-state index contributed by atoms with van der Waals surface area (Å²) in [6, 6.07) is 5.65. The molecule has 3 amide bonds. The van der Waals surface area contributed by atoms with Crippen molar-refractivity contribution in [2.24, 2.45) is 11.5 Å². The van der Waals surface area contributed by atoms with Gasteiger partial charge in [-0.15, -0.1) is 0 Å². The molecule has 0 aromatic heterocycles. The summed E-state index contributed by atoms with van der Waals surface area (Å²) in [6.45, 7) is -0.922. The first kappa shape index (κ1) is 26.0. The lowest BCUT2D eigenvalue weighted by atomic mass is 10.0. The van der Waals surface area contributed by atoms with E-state index in [4.69, 9.17) is 16.6 Å². The van der Waals surface area contributed by atoms with E-state index in [2.05, 4.69) is 16.0 Å². The molecule has 1 aromatic rings. The Kier molecular flexibility index (Phi) is 11.8. The van der Waals surface area contributed by atoms with Crippen molar-refractivity contribution in [1.29, 1.82) is 0 Å². The number of carbonyl (C=O) groups excluding carboxylic acids is 3. The number of carbonyl (C=O) groups is 4. The van der Waals surface area contributed by atoms with Crippen LogP contribution in [-0.4, -0.2) is 71.7 Å². The molecule has 11 heteroatoms. The first-order chi connectivity index (χ1) is 14.8. The first-order valence-corrected chi connectivity index (χ1v) is 9.99. The standard InChI is InChI=1S/C20H31N5O6/c21-9-5-4-8-14(22)18(29)24-15(10-13-6-2-1-3-7-13)20(31)25-16(12-26)19(30)23-11-17(27)28/h1-3,6-7,14-16,26H,4-5,8-12,21-22H2,(H,23,30)(H,24,29)(H,25,31)(H,27,28). The molecule has 0 bridgehead atoms. The van der Waals surface area contributed by atoms with Crippen molar-refractivity contribution in [3.8, 4) is 0 Å². The second kappa shape index (κ2) is 14.1. The topological polar surface area (TPSA) is 197 Å². The van der Waals surface area contributed by atoms with Crippen molar-refractivity contribution < 1.29 is 29.4 Å². The lowest BCUT2D eigenvalue weighted by molar-refractivity contribution is -0.139. The van der Waals surface area contributed by atoms with Gasteiger partial charge in [-0.25, -0.2) is 0 Å². The van der Waals surface area contributed by atoms with Gasteiger partial charge in [-0.3, -0.25) is 19.2 Å². The molecule has 0 saturated carbocycles. The molecule has 0 aliphatic heterocycles. The van der Waals surface area contributed by atoms with Crippen LogP contribution in [0, 0.1) is 0 Å². The van der Waals surface area contributed by atoms with Gasteiger partial charge >= 0.3 is 5.97 Å². The Balaban J connectivity index is 2.86. The Morgan fingerprint density at radius 3 is 2.16 bits per heavy atom. The van der Waals surface area contributed by atoms with Crippen molar-refractivity contribution in [2.45, 2.75) is 43.8 Å². The second-order valence-corrected chi connectivity index (χ2v) is 7.00. The van der Waals surface area contributed by atoms with Gasteiger partial charge in [0.15, 0.2) is 0 Å². The van der Waals surface area contributed by atoms with Gasteiger partial charge in [0.05, 0.1) is 12.6 Å². The summed E-state index contributed by atoms with van der Waals surface area (Å²) in [7, 11) is 0. The number of aliphatic hydroxyl groups excluding tert-OH is 1. The van der Waals surface area contributed by atoms with Crippen LogP contribution in [0.1, 0.15) is 24.8 Å². The van der Waals surface area contributed by atoms with Crippen LogP contribution >= 0.6 is 0 Å². The number of aliphatic hydroxyl groups is 1. The van der Waals surface area contributed by atoms with Crippen molar-refractivity contribution in [3.05, 3.63) is 35.9 Å². The Morgan fingerprint density at radius 1 is 0.935 bits per heavy atom. The Bertz CT molecular complexity index is 730. The Labute approximate surface area is 180 Å². The van der Waals surface area contributed by atoms with Crippen LogP contribution in [-0.2, 0) is 25.6 Å². The van der Waals surface area contributed by atoms with E-state index in [0.29, 0.717) is 19.4 Å². The van der Waals surface area contributed by atoms with E-state index < -0.39 is 55.0 Å². The molecule has 0 aliphatic carbocycles. The fourth-order valence-corrected chi connectivity index (χ4v) is 2.73. The maximum absolute atomic E-state index is 12.8. The fraction of sp³-hybridized carbons (Fsp3) is 0.500. The summed E-state index contributed by atoms with van der Waals surface area (Å²) >= 11 is 0. The highest BCUT2D eigenvalue weighted by Crippen LogP contribution is 2.06. The van der Waals surface area contributed by atoms with E-state index in [1.54, 1.807) is 30.3 Å². The summed E-state index contributed by atoms with van der Waals surface area (Å²) in [5, 5.41) is 25.1. The third-order valence-corrected chi connectivity index (χ3v) is 4.45. The number of nitrogens with two attached hydrogens (primary N) is 2. The molecule has 0 spiro atoms. The van der Waals surface area contributed by atoms with Crippen molar-refractivity contribution in [1.82, 2.24) is 16.0 Å². The number of aliphatic carboxylic acids is 1. The third kappa shape index (κ3) is 10.0. The number of amides is 3. The number of carboxylic acids is 1. The number of hydrogen-bond acceptors (Lipinski definition) is 7. The first-order valence-electron chi connectivity index (χ1n) is 9.99. The molecular weight excluding hydrogens is 406 g/mol. The van der Waals surface area contributed by atoms with Crippen LogP contribution in [0.3, 0.4) is 0 Å². The maximum Gasteiger partial charge on any atom is 0.322 e. The molecule has 0 saturated heterocycles. The SMILES string of the molecule is NCCCCC(N)C(=O)NC(Cc1ccccc1)C(=O)NC(CO)C(=O)NCC(=O)O. The summed E-state index contributed by atoms with van der Waals surface area (Å²) < 4.78 is 0. The van der Waals surface area contributed by atoms with Crippen molar-refractivity contribution in [3.63, 3.8) is 0 Å². The van der Waals surface area contributed by atoms with Gasteiger partial charge < -0.3 is 37.6 Å². The van der Waals surface area contributed by atoms with Gasteiger partial charge in [-0.2, -0.15) is 0 Å².